The average molecular weight is 375 g/mol. The number of rotatable bonds is 5. The molecule has 0 radical (unpaired) electrons. The van der Waals surface area contributed by atoms with E-state index in [0.717, 1.165) is 23.4 Å². The van der Waals surface area contributed by atoms with Gasteiger partial charge in [0.15, 0.2) is 5.65 Å². The summed E-state index contributed by atoms with van der Waals surface area (Å²) in [7, 11) is 0. The van der Waals surface area contributed by atoms with Crippen LogP contribution in [0.5, 0.6) is 0 Å². The van der Waals surface area contributed by atoms with Gasteiger partial charge >= 0.3 is 6.18 Å². The number of imidazole rings is 1. The number of nitrogens with one attached hydrogen (secondary N) is 1. The van der Waals surface area contributed by atoms with Crippen LogP contribution in [-0.4, -0.2) is 35.9 Å². The zero-order valence-electron chi connectivity index (χ0n) is 14.4. The predicted octanol–water partition coefficient (Wildman–Crippen LogP) is 3.17. The topological polar surface area (TPSA) is 72.9 Å². The molecule has 10 heteroatoms. The summed E-state index contributed by atoms with van der Waals surface area (Å²) in [4.78, 5) is 4.63. The van der Waals surface area contributed by atoms with Gasteiger partial charge in [-0.2, -0.15) is 17.7 Å². The van der Waals surface area contributed by atoms with Crippen LogP contribution in [0.3, 0.4) is 0 Å². The minimum absolute atomic E-state index is 0.0423. The fraction of sp³-hybridized carbons (Fsp3) is 0.294. The van der Waals surface area contributed by atoms with Gasteiger partial charge in [-0.15, -0.1) is 15.3 Å². The normalized spacial score (nSPS) is 12.1. The van der Waals surface area contributed by atoms with E-state index in [4.69, 9.17) is 0 Å². The molecule has 3 heterocycles. The number of aryl methyl sites for hydroxylation is 1. The molecular formula is C17H16F3N7. The minimum Gasteiger partial charge on any atom is -0.368 e. The van der Waals surface area contributed by atoms with Gasteiger partial charge in [-0.3, -0.25) is 0 Å². The quantitative estimate of drug-likeness (QED) is 0.580. The van der Waals surface area contributed by atoms with Crippen LogP contribution >= 0.6 is 0 Å². The first-order valence-corrected chi connectivity index (χ1v) is 8.45. The maximum Gasteiger partial charge on any atom is 0.453 e. The van der Waals surface area contributed by atoms with E-state index in [1.165, 1.54) is 6.07 Å². The monoisotopic (exact) mass is 375 g/mol. The van der Waals surface area contributed by atoms with Crippen molar-refractivity contribution in [3.8, 4) is 0 Å². The number of anilines is 1. The molecule has 1 N–H and O–H groups in total. The second-order valence-electron chi connectivity index (χ2n) is 5.95. The Morgan fingerprint density at radius 1 is 1.07 bits per heavy atom. The molecule has 7 nitrogen and oxygen atoms in total. The van der Waals surface area contributed by atoms with Crippen molar-refractivity contribution in [2.24, 2.45) is 0 Å². The van der Waals surface area contributed by atoms with Crippen molar-refractivity contribution in [1.29, 1.82) is 0 Å². The molecule has 0 amide bonds. The summed E-state index contributed by atoms with van der Waals surface area (Å²) in [5.74, 6) is 0.0773. The van der Waals surface area contributed by atoms with Gasteiger partial charge in [0.25, 0.3) is 5.82 Å². The average Bonchev–Trinajstić information content (AvgIpc) is 3.21. The fourth-order valence-corrected chi connectivity index (χ4v) is 3.03. The predicted molar refractivity (Wildman–Crippen MR) is 93.4 cm³/mol. The third-order valence-electron chi connectivity index (χ3n) is 4.22. The fourth-order valence-electron chi connectivity index (χ4n) is 3.03. The summed E-state index contributed by atoms with van der Waals surface area (Å²) in [6, 6.07) is 10.9. The van der Waals surface area contributed by atoms with Crippen LogP contribution in [0.1, 0.15) is 18.6 Å². The van der Waals surface area contributed by atoms with E-state index in [1.807, 2.05) is 31.2 Å². The molecule has 0 aliphatic heterocycles. The third-order valence-corrected chi connectivity index (χ3v) is 4.22. The molecule has 0 saturated carbocycles. The Morgan fingerprint density at radius 2 is 1.89 bits per heavy atom. The van der Waals surface area contributed by atoms with E-state index in [0.29, 0.717) is 23.3 Å². The molecule has 3 aromatic heterocycles. The Balaban J connectivity index is 1.53. The van der Waals surface area contributed by atoms with Gasteiger partial charge in [0.2, 0.25) is 0 Å². The lowest BCUT2D eigenvalue weighted by Crippen LogP contribution is -2.15. The highest BCUT2D eigenvalue weighted by atomic mass is 19.4. The molecule has 0 unspecified atom stereocenters. The van der Waals surface area contributed by atoms with Crippen molar-refractivity contribution < 1.29 is 13.2 Å². The molecular weight excluding hydrogens is 359 g/mol. The van der Waals surface area contributed by atoms with E-state index < -0.39 is 12.0 Å². The summed E-state index contributed by atoms with van der Waals surface area (Å²) in [6.07, 6.45) is -4.01. The highest BCUT2D eigenvalue weighted by molar-refractivity contribution is 5.75. The minimum atomic E-state index is -4.61. The standard InChI is InChI=1S/C17H16F3N7/c1-2-26-12-6-4-3-5-11(12)22-14(26)9-10-21-13-7-8-15-23-24-16(17(18,19)20)27(15)25-13/h3-8H,2,9-10H2,1H3,(H,21,25). The van der Waals surface area contributed by atoms with Crippen LogP contribution in [0.2, 0.25) is 0 Å². The van der Waals surface area contributed by atoms with Gasteiger partial charge in [0.05, 0.1) is 11.0 Å². The van der Waals surface area contributed by atoms with Crippen LogP contribution in [0.25, 0.3) is 16.7 Å². The number of halogens is 3. The Kier molecular flexibility index (Phi) is 4.17. The highest BCUT2D eigenvalue weighted by Gasteiger charge is 2.37. The first-order chi connectivity index (χ1) is 13.0. The molecule has 140 valence electrons. The maximum absolute atomic E-state index is 12.9. The van der Waals surface area contributed by atoms with E-state index in [9.17, 15) is 13.2 Å². The van der Waals surface area contributed by atoms with Gasteiger partial charge in [0, 0.05) is 19.5 Å². The van der Waals surface area contributed by atoms with Gasteiger partial charge in [0.1, 0.15) is 11.6 Å². The highest BCUT2D eigenvalue weighted by Crippen LogP contribution is 2.27. The lowest BCUT2D eigenvalue weighted by atomic mass is 10.3. The van der Waals surface area contributed by atoms with Crippen LogP contribution < -0.4 is 5.32 Å². The zero-order valence-corrected chi connectivity index (χ0v) is 14.4. The summed E-state index contributed by atoms with van der Waals surface area (Å²) in [5, 5.41) is 13.7. The summed E-state index contributed by atoms with van der Waals surface area (Å²) >= 11 is 0. The number of hydrogen-bond donors (Lipinski definition) is 1. The zero-order chi connectivity index (χ0) is 19.0. The number of para-hydroxylation sites is 2. The van der Waals surface area contributed by atoms with Gasteiger partial charge in [-0.25, -0.2) is 4.98 Å². The van der Waals surface area contributed by atoms with Crippen LogP contribution in [0.4, 0.5) is 19.0 Å². The van der Waals surface area contributed by atoms with Gasteiger partial charge < -0.3 is 9.88 Å². The second kappa shape index (κ2) is 6.53. The van der Waals surface area contributed by atoms with Crippen molar-refractivity contribution in [2.75, 3.05) is 11.9 Å². The Hall–Kier alpha value is -3.17. The maximum atomic E-state index is 12.9. The van der Waals surface area contributed by atoms with Crippen molar-refractivity contribution in [2.45, 2.75) is 26.1 Å². The van der Waals surface area contributed by atoms with Gasteiger partial charge in [-0.05, 0) is 31.2 Å². The molecule has 27 heavy (non-hydrogen) atoms. The largest absolute Gasteiger partial charge is 0.453 e. The second-order valence-corrected chi connectivity index (χ2v) is 5.95. The van der Waals surface area contributed by atoms with Crippen molar-refractivity contribution in [1.82, 2.24) is 29.4 Å². The molecule has 0 spiro atoms. The first kappa shape index (κ1) is 17.3. The lowest BCUT2D eigenvalue weighted by molar-refractivity contribution is -0.146. The van der Waals surface area contributed by atoms with E-state index >= 15 is 0 Å². The number of alkyl halides is 3. The van der Waals surface area contributed by atoms with Crippen LogP contribution in [-0.2, 0) is 19.1 Å². The van der Waals surface area contributed by atoms with Gasteiger partial charge in [-0.1, -0.05) is 12.1 Å². The third kappa shape index (κ3) is 3.18. The Labute approximate surface area is 151 Å². The summed E-state index contributed by atoms with van der Waals surface area (Å²) in [6.45, 7) is 3.31. The lowest BCUT2D eigenvalue weighted by Gasteiger charge is -2.08. The number of fused-ring (bicyclic) bond motifs is 2. The molecule has 1 aromatic carbocycles. The van der Waals surface area contributed by atoms with Crippen molar-refractivity contribution in [3.05, 3.63) is 48.0 Å². The first-order valence-electron chi connectivity index (χ1n) is 8.45. The Bertz CT molecular complexity index is 1100. The molecule has 4 rings (SSSR count). The SMILES string of the molecule is CCn1c(CCNc2ccc3nnc(C(F)(F)F)n3n2)nc2ccccc21. The number of nitrogens with zero attached hydrogens (tertiary/aromatic N) is 6. The summed E-state index contributed by atoms with van der Waals surface area (Å²) in [5.41, 5.74) is 2.03. The van der Waals surface area contributed by atoms with E-state index in [1.54, 1.807) is 6.07 Å². The molecule has 0 fully saturated rings. The molecule has 0 saturated heterocycles. The number of hydrogen-bond acceptors (Lipinski definition) is 5. The Morgan fingerprint density at radius 3 is 2.67 bits per heavy atom. The van der Waals surface area contributed by atoms with Crippen molar-refractivity contribution >= 4 is 22.5 Å². The molecule has 0 bridgehead atoms. The molecule has 0 atom stereocenters. The van der Waals surface area contributed by atoms with E-state index in [-0.39, 0.29) is 5.65 Å². The molecule has 0 aliphatic carbocycles. The van der Waals surface area contributed by atoms with Crippen molar-refractivity contribution in [3.63, 3.8) is 0 Å². The van der Waals surface area contributed by atoms with Crippen LogP contribution in [0.15, 0.2) is 36.4 Å². The number of aromatic nitrogens is 6. The van der Waals surface area contributed by atoms with E-state index in [2.05, 4.69) is 30.2 Å². The molecule has 0 aliphatic rings. The molecule has 4 aromatic rings. The summed E-state index contributed by atoms with van der Waals surface area (Å²) < 4.78 is 41.7. The smallest absolute Gasteiger partial charge is 0.368 e. The number of benzene rings is 1. The van der Waals surface area contributed by atoms with Crippen LogP contribution in [0, 0.1) is 0 Å².